The Bertz CT molecular complexity index is 1450. The molecular weight excluding hydrogens is 554 g/mol. The zero-order valence-electron chi connectivity index (χ0n) is 26.0. The van der Waals surface area contributed by atoms with Gasteiger partial charge in [-0.1, -0.05) is 24.3 Å². The van der Waals surface area contributed by atoms with Gasteiger partial charge in [0.15, 0.2) is 0 Å². The fourth-order valence-electron chi connectivity index (χ4n) is 6.67. The second kappa shape index (κ2) is 15.1. The number of aromatic amines is 1. The van der Waals surface area contributed by atoms with Crippen LogP contribution in [-0.2, 0) is 15.9 Å². The molecule has 2 aromatic heterocycles. The summed E-state index contributed by atoms with van der Waals surface area (Å²) >= 11 is 0. The topological polar surface area (TPSA) is 107 Å². The monoisotopic (exact) mass is 601 g/mol. The summed E-state index contributed by atoms with van der Waals surface area (Å²) in [6.07, 6.45) is 7.69. The molecule has 10 nitrogen and oxygen atoms in total. The molecule has 1 aliphatic carbocycles. The molecule has 4 aromatic rings. The number of ether oxygens (including phenoxy) is 3. The number of nitrogens with two attached hydrogens (primary N) is 1. The van der Waals surface area contributed by atoms with Crippen molar-refractivity contribution in [1.82, 2.24) is 29.5 Å². The van der Waals surface area contributed by atoms with Gasteiger partial charge in [-0.3, -0.25) is 14.5 Å². The van der Waals surface area contributed by atoms with Crippen molar-refractivity contribution in [1.29, 1.82) is 0 Å². The third-order valence-corrected chi connectivity index (χ3v) is 9.14. The summed E-state index contributed by atoms with van der Waals surface area (Å²) in [5.41, 5.74) is 10.7. The lowest BCUT2D eigenvalue weighted by atomic mass is 9.90. The third kappa shape index (κ3) is 7.68. The molecule has 0 spiro atoms. The second-order valence-corrected chi connectivity index (χ2v) is 11.9. The molecule has 6 rings (SSSR count). The number of imidazole rings is 1. The minimum absolute atomic E-state index is 0.468. The summed E-state index contributed by atoms with van der Waals surface area (Å²) in [6, 6.07) is 17.8. The van der Waals surface area contributed by atoms with Crippen molar-refractivity contribution in [2.75, 3.05) is 72.8 Å². The molecule has 10 heteroatoms. The number of hydrogen-bond acceptors (Lipinski definition) is 8. The van der Waals surface area contributed by atoms with Gasteiger partial charge in [-0.05, 0) is 49.9 Å². The molecule has 0 amide bonds. The van der Waals surface area contributed by atoms with Gasteiger partial charge < -0.3 is 24.9 Å². The van der Waals surface area contributed by atoms with Crippen LogP contribution in [0.4, 0.5) is 0 Å². The first-order chi connectivity index (χ1) is 21.7. The van der Waals surface area contributed by atoms with Crippen LogP contribution in [0.25, 0.3) is 22.3 Å². The van der Waals surface area contributed by atoms with Gasteiger partial charge in [0.25, 0.3) is 0 Å². The average Bonchev–Trinajstić information content (AvgIpc) is 3.72. The van der Waals surface area contributed by atoms with E-state index in [-0.39, 0.29) is 0 Å². The first-order valence-corrected chi connectivity index (χ1v) is 16.2. The summed E-state index contributed by atoms with van der Waals surface area (Å²) in [4.78, 5) is 13.6. The highest BCUT2D eigenvalue weighted by Gasteiger charge is 2.29. The number of benzene rings is 2. The molecule has 1 saturated heterocycles. The highest BCUT2D eigenvalue weighted by molar-refractivity contribution is 5.81. The number of rotatable bonds is 14. The Morgan fingerprint density at radius 1 is 0.886 bits per heavy atom. The Labute approximate surface area is 260 Å². The van der Waals surface area contributed by atoms with Crippen LogP contribution in [0.2, 0.25) is 0 Å². The van der Waals surface area contributed by atoms with Crippen LogP contribution in [0, 0.1) is 0 Å². The van der Waals surface area contributed by atoms with E-state index in [2.05, 4.69) is 56.0 Å². The number of nitrogens with zero attached hydrogens (tertiary/aromatic N) is 5. The van der Waals surface area contributed by atoms with Crippen LogP contribution in [0.3, 0.4) is 0 Å². The van der Waals surface area contributed by atoms with Gasteiger partial charge in [-0.15, -0.1) is 0 Å². The number of piperazine rings is 1. The molecule has 1 aliphatic heterocycles. The second-order valence-electron chi connectivity index (χ2n) is 11.9. The Kier molecular flexibility index (Phi) is 10.6. The Balaban J connectivity index is 0.965. The normalized spacial score (nSPS) is 20.0. The molecule has 2 aliphatic rings. The molecule has 236 valence electrons. The largest absolute Gasteiger partial charge is 0.496 e. The van der Waals surface area contributed by atoms with Crippen LogP contribution < -0.4 is 10.5 Å². The summed E-state index contributed by atoms with van der Waals surface area (Å²) in [7, 11) is 1.71. The number of para-hydroxylation sites is 1. The molecular formula is C34H47N7O3. The quantitative estimate of drug-likeness (QED) is 0.208. The van der Waals surface area contributed by atoms with Crippen molar-refractivity contribution in [3.63, 3.8) is 0 Å². The van der Waals surface area contributed by atoms with E-state index in [1.807, 2.05) is 18.2 Å². The Morgan fingerprint density at radius 2 is 1.66 bits per heavy atom. The maximum absolute atomic E-state index is 5.72. The molecule has 1 saturated carbocycles. The number of aromatic nitrogens is 4. The van der Waals surface area contributed by atoms with Crippen LogP contribution in [0.15, 0.2) is 54.7 Å². The van der Waals surface area contributed by atoms with Gasteiger partial charge in [0.1, 0.15) is 11.6 Å². The van der Waals surface area contributed by atoms with Crippen molar-refractivity contribution in [3.05, 3.63) is 66.1 Å². The number of H-pyrrole nitrogens is 1. The van der Waals surface area contributed by atoms with E-state index in [0.717, 1.165) is 78.8 Å². The molecule has 0 unspecified atom stereocenters. The summed E-state index contributed by atoms with van der Waals surface area (Å²) in [5, 5.41) is 5.03. The highest BCUT2D eigenvalue weighted by Crippen LogP contribution is 2.32. The highest BCUT2D eigenvalue weighted by atomic mass is 16.5. The molecule has 2 fully saturated rings. The van der Waals surface area contributed by atoms with E-state index >= 15 is 0 Å². The molecule has 2 aromatic carbocycles. The minimum atomic E-state index is 0.468. The van der Waals surface area contributed by atoms with Gasteiger partial charge in [-0.2, -0.15) is 5.10 Å². The lowest BCUT2D eigenvalue weighted by Gasteiger charge is -2.42. The van der Waals surface area contributed by atoms with Crippen LogP contribution in [-0.4, -0.2) is 108 Å². The van der Waals surface area contributed by atoms with Crippen LogP contribution in [0.5, 0.6) is 5.75 Å². The van der Waals surface area contributed by atoms with Gasteiger partial charge in [-0.25, -0.2) is 4.98 Å². The van der Waals surface area contributed by atoms with Crippen molar-refractivity contribution in [2.24, 2.45) is 5.73 Å². The maximum Gasteiger partial charge on any atom is 0.122 e. The predicted octanol–water partition coefficient (Wildman–Crippen LogP) is 4.12. The van der Waals surface area contributed by atoms with Crippen molar-refractivity contribution in [2.45, 2.75) is 44.2 Å². The molecule has 3 heterocycles. The molecule has 0 bridgehead atoms. The van der Waals surface area contributed by atoms with Crippen molar-refractivity contribution < 1.29 is 14.2 Å². The Morgan fingerprint density at radius 3 is 2.45 bits per heavy atom. The lowest BCUT2D eigenvalue weighted by Crippen LogP contribution is -2.51. The summed E-state index contributed by atoms with van der Waals surface area (Å²) in [6.45, 7) is 8.75. The number of methoxy groups -OCH3 is 1. The minimum Gasteiger partial charge on any atom is -0.496 e. The third-order valence-electron chi connectivity index (χ3n) is 9.14. The standard InChI is InChI=1S/C34H47N7O3/c1-42-33-5-3-2-4-27(33)25-34-36-31-11-6-26(24-32(31)37-34)30-12-14-41(38-30)29-9-7-28(8-10-29)40-17-15-39(16-18-40)19-21-44-23-22-43-20-13-35/h2-6,11-12,14,24,28-29H,7-10,13,15-23,25,35H2,1H3,(H,36,37). The van der Waals surface area contributed by atoms with Gasteiger partial charge >= 0.3 is 0 Å². The SMILES string of the molecule is COc1ccccc1Cc1nc2ccc(-c3ccn(C4CCC(N5CCN(CCOCCOCCN)CC5)CC4)n3)cc2[nH]1. The molecule has 44 heavy (non-hydrogen) atoms. The van der Waals surface area contributed by atoms with Crippen LogP contribution in [0.1, 0.15) is 43.1 Å². The first-order valence-electron chi connectivity index (χ1n) is 16.2. The summed E-state index contributed by atoms with van der Waals surface area (Å²) in [5.74, 6) is 1.81. The van der Waals surface area contributed by atoms with Gasteiger partial charge in [0.05, 0.1) is 56.3 Å². The number of fused-ring (bicyclic) bond motifs is 1. The predicted molar refractivity (Wildman–Crippen MR) is 173 cm³/mol. The first kappa shape index (κ1) is 30.7. The van der Waals surface area contributed by atoms with E-state index < -0.39 is 0 Å². The van der Waals surface area contributed by atoms with Crippen molar-refractivity contribution in [3.8, 4) is 17.0 Å². The molecule has 0 atom stereocenters. The summed E-state index contributed by atoms with van der Waals surface area (Å²) < 4.78 is 18.8. The van der Waals surface area contributed by atoms with Gasteiger partial charge in [0.2, 0.25) is 0 Å². The van der Waals surface area contributed by atoms with Crippen molar-refractivity contribution >= 4 is 11.0 Å². The number of nitrogens with one attached hydrogen (secondary N) is 1. The fraction of sp³-hybridized carbons (Fsp3) is 0.529. The maximum atomic E-state index is 5.72. The molecule has 0 radical (unpaired) electrons. The Hall–Kier alpha value is -3.28. The van der Waals surface area contributed by atoms with E-state index in [4.69, 9.17) is 30.0 Å². The van der Waals surface area contributed by atoms with Crippen LogP contribution >= 0.6 is 0 Å². The zero-order valence-corrected chi connectivity index (χ0v) is 26.0. The fourth-order valence-corrected chi connectivity index (χ4v) is 6.67. The van der Waals surface area contributed by atoms with E-state index in [1.165, 1.54) is 25.7 Å². The smallest absolute Gasteiger partial charge is 0.122 e. The number of hydrogen-bond donors (Lipinski definition) is 2. The lowest BCUT2D eigenvalue weighted by molar-refractivity contribution is 0.0257. The molecule has 3 N–H and O–H groups in total. The van der Waals surface area contributed by atoms with E-state index in [9.17, 15) is 0 Å². The van der Waals surface area contributed by atoms with E-state index in [0.29, 0.717) is 44.9 Å². The average molecular weight is 602 g/mol. The zero-order chi connectivity index (χ0) is 30.1. The van der Waals surface area contributed by atoms with Gasteiger partial charge in [0, 0.05) is 69.1 Å². The van der Waals surface area contributed by atoms with E-state index in [1.54, 1.807) is 7.11 Å².